The summed E-state index contributed by atoms with van der Waals surface area (Å²) in [6.07, 6.45) is -4.74. The van der Waals surface area contributed by atoms with Crippen LogP contribution in [0.2, 0.25) is 5.02 Å². The third kappa shape index (κ3) is 2.26. The average molecular weight is 223 g/mol. The van der Waals surface area contributed by atoms with Crippen molar-refractivity contribution < 1.29 is 18.0 Å². The van der Waals surface area contributed by atoms with Crippen LogP contribution in [0.15, 0.2) is 24.3 Å². The number of aldehydes is 1. The first-order chi connectivity index (χ1) is 6.46. The van der Waals surface area contributed by atoms with E-state index in [9.17, 15) is 18.0 Å². The number of carbonyl (C=O) groups is 1. The second kappa shape index (κ2) is 4.00. The zero-order valence-corrected chi connectivity index (χ0v) is 7.64. The van der Waals surface area contributed by atoms with Crippen LogP contribution in [0.4, 0.5) is 13.2 Å². The lowest BCUT2D eigenvalue weighted by Gasteiger charge is -2.15. The van der Waals surface area contributed by atoms with Crippen molar-refractivity contribution in [3.05, 3.63) is 34.9 Å². The summed E-state index contributed by atoms with van der Waals surface area (Å²) in [6, 6.07) is 5.42. The van der Waals surface area contributed by atoms with E-state index in [1.165, 1.54) is 24.3 Å². The van der Waals surface area contributed by atoms with E-state index in [0.29, 0.717) is 0 Å². The highest BCUT2D eigenvalue weighted by atomic mass is 35.5. The van der Waals surface area contributed by atoms with Crippen molar-refractivity contribution in [2.45, 2.75) is 12.1 Å². The molecule has 1 unspecified atom stereocenters. The van der Waals surface area contributed by atoms with Gasteiger partial charge in [-0.15, -0.1) is 0 Å². The summed E-state index contributed by atoms with van der Waals surface area (Å²) in [4.78, 5) is 10.3. The van der Waals surface area contributed by atoms with Gasteiger partial charge in [0.1, 0.15) is 12.2 Å². The number of alkyl halides is 3. The summed E-state index contributed by atoms with van der Waals surface area (Å²) in [7, 11) is 0. The molecule has 1 aromatic rings. The topological polar surface area (TPSA) is 17.1 Å². The molecule has 0 fully saturated rings. The average Bonchev–Trinajstić information content (AvgIpc) is 2.07. The fourth-order valence-electron chi connectivity index (χ4n) is 1.05. The van der Waals surface area contributed by atoms with Gasteiger partial charge in [0.2, 0.25) is 0 Å². The Morgan fingerprint density at radius 3 is 2.29 bits per heavy atom. The maximum absolute atomic E-state index is 12.3. The Balaban J connectivity index is 3.14. The van der Waals surface area contributed by atoms with E-state index in [4.69, 9.17) is 11.6 Å². The lowest BCUT2D eigenvalue weighted by Crippen LogP contribution is -2.22. The first-order valence-electron chi connectivity index (χ1n) is 3.73. The van der Waals surface area contributed by atoms with Gasteiger partial charge in [0.05, 0.1) is 0 Å². The van der Waals surface area contributed by atoms with Gasteiger partial charge >= 0.3 is 6.18 Å². The van der Waals surface area contributed by atoms with Crippen molar-refractivity contribution in [1.82, 2.24) is 0 Å². The summed E-state index contributed by atoms with van der Waals surface area (Å²) >= 11 is 5.54. The van der Waals surface area contributed by atoms with E-state index in [2.05, 4.69) is 0 Å². The van der Waals surface area contributed by atoms with Crippen LogP contribution in [0.3, 0.4) is 0 Å². The molecule has 1 rings (SSSR count). The summed E-state index contributed by atoms with van der Waals surface area (Å²) in [5.41, 5.74) is -0.211. The molecular weight excluding hydrogens is 217 g/mol. The van der Waals surface area contributed by atoms with Gasteiger partial charge in [-0.25, -0.2) is 0 Å². The number of hydrogen-bond acceptors (Lipinski definition) is 1. The molecule has 0 aliphatic heterocycles. The lowest BCUT2D eigenvalue weighted by atomic mass is 10.0. The molecule has 0 saturated heterocycles. The van der Waals surface area contributed by atoms with Crippen molar-refractivity contribution in [2.24, 2.45) is 0 Å². The molecule has 14 heavy (non-hydrogen) atoms. The van der Waals surface area contributed by atoms with E-state index < -0.39 is 12.1 Å². The van der Waals surface area contributed by atoms with Gasteiger partial charge in [-0.1, -0.05) is 29.8 Å². The third-order valence-corrected chi connectivity index (χ3v) is 2.07. The van der Waals surface area contributed by atoms with Crippen molar-refractivity contribution in [3.63, 3.8) is 0 Å². The molecule has 0 saturated carbocycles. The Kier molecular flexibility index (Phi) is 3.16. The zero-order valence-electron chi connectivity index (χ0n) is 6.88. The zero-order chi connectivity index (χ0) is 10.8. The Hall–Kier alpha value is -1.03. The molecule has 1 nitrogen and oxygen atoms in total. The van der Waals surface area contributed by atoms with Crippen LogP contribution in [0, 0.1) is 0 Å². The molecule has 0 aliphatic carbocycles. The van der Waals surface area contributed by atoms with Gasteiger partial charge in [-0.05, 0) is 11.6 Å². The maximum atomic E-state index is 12.3. The fraction of sp³-hybridized carbons (Fsp3) is 0.222. The molecule has 0 spiro atoms. The van der Waals surface area contributed by atoms with E-state index >= 15 is 0 Å². The van der Waals surface area contributed by atoms with E-state index in [0.717, 1.165) is 0 Å². The van der Waals surface area contributed by atoms with Crippen LogP contribution in [-0.4, -0.2) is 12.5 Å². The molecule has 0 heterocycles. The summed E-state index contributed by atoms with van der Waals surface area (Å²) in [5, 5.41) is -0.0538. The van der Waals surface area contributed by atoms with Crippen LogP contribution in [0.1, 0.15) is 11.5 Å². The van der Waals surface area contributed by atoms with E-state index in [1.54, 1.807) is 0 Å². The Bertz CT molecular complexity index is 335. The first kappa shape index (κ1) is 11.0. The van der Waals surface area contributed by atoms with Crippen molar-refractivity contribution in [3.8, 4) is 0 Å². The number of carbonyl (C=O) groups excluding carboxylic acids is 1. The predicted octanol–water partition coefficient (Wildman–Crippen LogP) is 3.18. The highest BCUT2D eigenvalue weighted by Crippen LogP contribution is 2.36. The summed E-state index contributed by atoms with van der Waals surface area (Å²) < 4.78 is 36.9. The smallest absolute Gasteiger partial charge is 0.302 e. The molecule has 76 valence electrons. The molecule has 1 aromatic carbocycles. The number of halogens is 4. The largest absolute Gasteiger partial charge is 0.402 e. The molecule has 0 N–H and O–H groups in total. The molecule has 0 radical (unpaired) electrons. The van der Waals surface area contributed by atoms with Crippen LogP contribution < -0.4 is 0 Å². The molecule has 1 atom stereocenters. The second-order valence-corrected chi connectivity index (χ2v) is 3.08. The van der Waals surface area contributed by atoms with Crippen molar-refractivity contribution in [1.29, 1.82) is 0 Å². The van der Waals surface area contributed by atoms with Gasteiger partial charge < -0.3 is 4.79 Å². The van der Waals surface area contributed by atoms with Gasteiger partial charge in [0.25, 0.3) is 0 Å². The number of hydrogen-bond donors (Lipinski definition) is 0. The Morgan fingerprint density at radius 2 is 1.86 bits per heavy atom. The number of rotatable bonds is 2. The summed E-state index contributed by atoms with van der Waals surface area (Å²) in [6.45, 7) is 0. The van der Waals surface area contributed by atoms with Crippen LogP contribution in [-0.2, 0) is 4.79 Å². The quantitative estimate of drug-likeness (QED) is 0.703. The lowest BCUT2D eigenvalue weighted by molar-refractivity contribution is -0.155. The minimum Gasteiger partial charge on any atom is -0.302 e. The Labute approximate surface area is 83.5 Å². The fourth-order valence-corrected chi connectivity index (χ4v) is 1.31. The highest BCUT2D eigenvalue weighted by molar-refractivity contribution is 6.31. The molecule has 0 aromatic heterocycles. The molecular formula is C9H6ClF3O. The van der Waals surface area contributed by atoms with E-state index in [1.807, 2.05) is 0 Å². The minimum absolute atomic E-state index is 0.0538. The Morgan fingerprint density at radius 1 is 1.29 bits per heavy atom. The third-order valence-electron chi connectivity index (χ3n) is 1.73. The normalized spacial score (nSPS) is 13.7. The highest BCUT2D eigenvalue weighted by Gasteiger charge is 2.41. The van der Waals surface area contributed by atoms with E-state index in [-0.39, 0.29) is 16.9 Å². The second-order valence-electron chi connectivity index (χ2n) is 2.68. The standard InChI is InChI=1S/C9H6ClF3O/c10-8-4-2-1-3-6(8)7(5-14)9(11,12)13/h1-5,7H. The van der Waals surface area contributed by atoms with Crippen molar-refractivity contribution in [2.75, 3.05) is 0 Å². The molecule has 0 bridgehead atoms. The van der Waals surface area contributed by atoms with Crippen LogP contribution >= 0.6 is 11.6 Å². The maximum Gasteiger partial charge on any atom is 0.402 e. The first-order valence-corrected chi connectivity index (χ1v) is 4.11. The van der Waals surface area contributed by atoms with Crippen LogP contribution in [0.5, 0.6) is 0 Å². The molecule has 5 heteroatoms. The van der Waals surface area contributed by atoms with Gasteiger partial charge in [0.15, 0.2) is 0 Å². The van der Waals surface area contributed by atoms with Gasteiger partial charge in [-0.3, -0.25) is 0 Å². The molecule has 0 amide bonds. The summed E-state index contributed by atoms with van der Waals surface area (Å²) in [5.74, 6) is -2.14. The van der Waals surface area contributed by atoms with Gasteiger partial charge in [-0.2, -0.15) is 13.2 Å². The SMILES string of the molecule is O=CC(c1ccccc1Cl)C(F)(F)F. The van der Waals surface area contributed by atoms with Crippen LogP contribution in [0.25, 0.3) is 0 Å². The predicted molar refractivity (Wildman–Crippen MR) is 46.3 cm³/mol. The number of benzene rings is 1. The monoisotopic (exact) mass is 222 g/mol. The molecule has 0 aliphatic rings. The minimum atomic E-state index is -4.59. The van der Waals surface area contributed by atoms with Gasteiger partial charge in [0, 0.05) is 5.02 Å². The van der Waals surface area contributed by atoms with Crippen molar-refractivity contribution >= 4 is 17.9 Å².